The van der Waals surface area contributed by atoms with E-state index in [9.17, 15) is 8.42 Å². The number of hydrogen-bond donors (Lipinski definition) is 1. The first kappa shape index (κ1) is 10.1. The van der Waals surface area contributed by atoms with Gasteiger partial charge in [-0.2, -0.15) is 8.42 Å². The van der Waals surface area contributed by atoms with Gasteiger partial charge in [0.05, 0.1) is 0 Å². The van der Waals surface area contributed by atoms with Crippen molar-refractivity contribution >= 4 is 39.9 Å². The zero-order valence-corrected chi connectivity index (χ0v) is 5.11. The molecule has 0 atom stereocenters. The first-order valence-electron chi connectivity index (χ1n) is 2.06. The molecule has 0 saturated carbocycles. The van der Waals surface area contributed by atoms with E-state index in [0.29, 0.717) is 3.97 Å². The molecule has 1 aromatic rings. The van der Waals surface area contributed by atoms with Gasteiger partial charge in [0, 0.05) is 12.4 Å². The van der Waals surface area contributed by atoms with Crippen molar-refractivity contribution in [1.82, 2.24) is 8.96 Å². The third-order valence-corrected chi connectivity index (χ3v) is 1.50. The molecule has 0 aliphatic heterocycles. The molecule has 0 fully saturated rings. The second-order valence-electron chi connectivity index (χ2n) is 1.37. The molecule has 0 spiro atoms. The van der Waals surface area contributed by atoms with E-state index in [-0.39, 0.29) is 29.6 Å². The van der Waals surface area contributed by atoms with Gasteiger partial charge in [0.1, 0.15) is 6.33 Å². The molecule has 0 bridgehead atoms. The standard InChI is InChI=1S/C3H4N2O3S.Na.H/c6-9(7,8)5-2-1-4-3-5;;/h1-3H,(H,6,7,8);;. The molecule has 0 amide bonds. The predicted octanol–water partition coefficient (Wildman–Crippen LogP) is -1.11. The van der Waals surface area contributed by atoms with Gasteiger partial charge in [-0.25, -0.2) is 8.96 Å². The van der Waals surface area contributed by atoms with Crippen LogP contribution in [0.2, 0.25) is 0 Å². The molecular weight excluding hydrogens is 167 g/mol. The number of rotatable bonds is 1. The van der Waals surface area contributed by atoms with Gasteiger partial charge < -0.3 is 0 Å². The summed E-state index contributed by atoms with van der Waals surface area (Å²) in [4.78, 5) is 3.41. The Kier molecular flexibility index (Phi) is 3.54. The van der Waals surface area contributed by atoms with E-state index in [4.69, 9.17) is 4.55 Å². The summed E-state index contributed by atoms with van der Waals surface area (Å²) in [6.07, 6.45) is 3.39. The van der Waals surface area contributed by atoms with Crippen LogP contribution in [-0.4, -0.2) is 51.5 Å². The fraction of sp³-hybridized carbons (Fsp3) is 0. The zero-order valence-electron chi connectivity index (χ0n) is 4.30. The maximum atomic E-state index is 10.2. The Bertz CT molecular complexity index is 279. The third kappa shape index (κ3) is 2.39. The predicted molar refractivity (Wildman–Crippen MR) is 36.3 cm³/mol. The van der Waals surface area contributed by atoms with Gasteiger partial charge in [0.15, 0.2) is 0 Å². The van der Waals surface area contributed by atoms with E-state index in [1.807, 2.05) is 0 Å². The van der Waals surface area contributed by atoms with Crippen LogP contribution in [0.4, 0.5) is 0 Å². The van der Waals surface area contributed by atoms with Gasteiger partial charge in [-0.15, -0.1) is 0 Å². The first-order chi connectivity index (χ1) is 4.11. The molecule has 5 nitrogen and oxygen atoms in total. The molecule has 0 saturated heterocycles. The van der Waals surface area contributed by atoms with Crippen molar-refractivity contribution in [1.29, 1.82) is 0 Å². The Morgan fingerprint density at radius 3 is 2.30 bits per heavy atom. The van der Waals surface area contributed by atoms with Crippen molar-refractivity contribution in [2.45, 2.75) is 0 Å². The topological polar surface area (TPSA) is 72.2 Å². The Morgan fingerprint density at radius 2 is 2.10 bits per heavy atom. The van der Waals surface area contributed by atoms with Crippen molar-refractivity contribution in [3.05, 3.63) is 18.7 Å². The van der Waals surface area contributed by atoms with E-state index in [1.165, 1.54) is 6.20 Å². The molecule has 7 heteroatoms. The molecule has 0 unspecified atom stereocenters. The van der Waals surface area contributed by atoms with Crippen LogP contribution >= 0.6 is 0 Å². The van der Waals surface area contributed by atoms with E-state index < -0.39 is 10.3 Å². The van der Waals surface area contributed by atoms with Crippen molar-refractivity contribution in [3.63, 3.8) is 0 Å². The molecule has 0 aromatic carbocycles. The summed E-state index contributed by atoms with van der Waals surface area (Å²) in [7, 11) is -4.11. The Morgan fingerprint density at radius 1 is 1.50 bits per heavy atom. The summed E-state index contributed by atoms with van der Waals surface area (Å²) in [6, 6.07) is 0. The van der Waals surface area contributed by atoms with Crippen LogP contribution in [0.25, 0.3) is 0 Å². The summed E-state index contributed by atoms with van der Waals surface area (Å²) in [5.41, 5.74) is 0. The van der Waals surface area contributed by atoms with Gasteiger partial charge in [0.25, 0.3) is 0 Å². The third-order valence-electron chi connectivity index (χ3n) is 0.747. The van der Waals surface area contributed by atoms with Crippen LogP contribution in [-0.2, 0) is 10.3 Å². The second-order valence-corrected chi connectivity index (χ2v) is 2.69. The average molecular weight is 172 g/mol. The Labute approximate surface area is 80.2 Å². The van der Waals surface area contributed by atoms with Crippen molar-refractivity contribution < 1.29 is 13.0 Å². The van der Waals surface area contributed by atoms with Gasteiger partial charge in [-0.3, -0.25) is 4.55 Å². The summed E-state index contributed by atoms with van der Waals surface area (Å²) >= 11 is 0. The van der Waals surface area contributed by atoms with E-state index in [2.05, 4.69) is 4.98 Å². The molecular formula is C3H5N2NaO3S. The first-order valence-corrected chi connectivity index (χ1v) is 3.46. The molecule has 0 aliphatic rings. The van der Waals surface area contributed by atoms with Crippen LogP contribution in [0, 0.1) is 0 Å². The van der Waals surface area contributed by atoms with Crippen molar-refractivity contribution in [2.24, 2.45) is 0 Å². The fourth-order valence-corrected chi connectivity index (χ4v) is 0.765. The summed E-state index contributed by atoms with van der Waals surface area (Å²) in [5.74, 6) is 0. The normalized spacial score (nSPS) is 10.5. The molecule has 1 aromatic heterocycles. The van der Waals surface area contributed by atoms with Crippen LogP contribution in [0.3, 0.4) is 0 Å². The number of nitrogens with zero attached hydrogens (tertiary/aromatic N) is 2. The minimum atomic E-state index is -4.11. The molecule has 1 heterocycles. The molecule has 1 rings (SSSR count). The van der Waals surface area contributed by atoms with Crippen LogP contribution in [0.1, 0.15) is 0 Å². The fourth-order valence-electron chi connectivity index (χ4n) is 0.383. The minimum absolute atomic E-state index is 0. The Hall–Kier alpha value is 0.120. The van der Waals surface area contributed by atoms with E-state index >= 15 is 0 Å². The molecule has 0 aliphatic carbocycles. The van der Waals surface area contributed by atoms with Gasteiger partial charge in [-0.1, -0.05) is 0 Å². The summed E-state index contributed by atoms with van der Waals surface area (Å²) in [6.45, 7) is 0. The quantitative estimate of drug-likeness (QED) is 0.430. The van der Waals surface area contributed by atoms with Gasteiger partial charge in [0.2, 0.25) is 0 Å². The average Bonchev–Trinajstić information content (AvgIpc) is 2.08. The summed E-state index contributed by atoms with van der Waals surface area (Å²) < 4.78 is 29.2. The monoisotopic (exact) mass is 172 g/mol. The zero-order chi connectivity index (χ0) is 6.91. The molecule has 10 heavy (non-hydrogen) atoms. The maximum absolute atomic E-state index is 10.2. The van der Waals surface area contributed by atoms with E-state index in [1.54, 1.807) is 0 Å². The molecule has 0 radical (unpaired) electrons. The van der Waals surface area contributed by atoms with Crippen molar-refractivity contribution in [2.75, 3.05) is 0 Å². The van der Waals surface area contributed by atoms with Gasteiger partial charge >= 0.3 is 39.9 Å². The molecule has 52 valence electrons. The van der Waals surface area contributed by atoms with Crippen molar-refractivity contribution in [3.8, 4) is 0 Å². The number of hydrogen-bond acceptors (Lipinski definition) is 3. The molecule has 1 N–H and O–H groups in total. The number of aromatic nitrogens is 2. The number of imidazole rings is 1. The van der Waals surface area contributed by atoms with Gasteiger partial charge in [-0.05, 0) is 0 Å². The van der Waals surface area contributed by atoms with Crippen LogP contribution in [0.5, 0.6) is 0 Å². The second kappa shape index (κ2) is 3.49. The SMILES string of the molecule is O=S(=O)(O)n1ccnc1.[NaH]. The van der Waals surface area contributed by atoms with Crippen LogP contribution in [0.15, 0.2) is 18.7 Å². The Balaban J connectivity index is 0.000000810. The summed E-state index contributed by atoms with van der Waals surface area (Å²) in [5, 5.41) is 0. The van der Waals surface area contributed by atoms with E-state index in [0.717, 1.165) is 12.5 Å². The van der Waals surface area contributed by atoms with Crippen LogP contribution < -0.4 is 0 Å².